The highest BCUT2D eigenvalue weighted by molar-refractivity contribution is 9.10. The molecule has 2 aromatic rings. The molecule has 0 atom stereocenters. The van der Waals surface area contributed by atoms with E-state index in [1.54, 1.807) is 0 Å². The highest BCUT2D eigenvalue weighted by Crippen LogP contribution is 2.26. The molecule has 0 saturated carbocycles. The van der Waals surface area contributed by atoms with Crippen molar-refractivity contribution in [3.05, 3.63) is 58.1 Å². The van der Waals surface area contributed by atoms with Crippen molar-refractivity contribution in [2.24, 2.45) is 0 Å². The van der Waals surface area contributed by atoms with Gasteiger partial charge in [0.05, 0.1) is 4.47 Å². The predicted molar refractivity (Wildman–Crippen MR) is 88.8 cm³/mol. The van der Waals surface area contributed by atoms with E-state index in [1.165, 1.54) is 5.56 Å². The second kappa shape index (κ2) is 7.27. The SMILES string of the molecule is CCc1ccc(OCC(=O)Nc2ccc(C)cc2)c(Br)c1. The van der Waals surface area contributed by atoms with Gasteiger partial charge in [-0.3, -0.25) is 4.79 Å². The fourth-order valence-electron chi connectivity index (χ4n) is 1.86. The number of hydrogen-bond acceptors (Lipinski definition) is 2. The van der Waals surface area contributed by atoms with Crippen molar-refractivity contribution in [3.63, 3.8) is 0 Å². The minimum absolute atomic E-state index is 0.0159. The molecule has 0 bridgehead atoms. The van der Waals surface area contributed by atoms with Crippen LogP contribution in [-0.2, 0) is 11.2 Å². The predicted octanol–water partition coefficient (Wildman–Crippen LogP) is 4.34. The summed E-state index contributed by atoms with van der Waals surface area (Å²) in [7, 11) is 0. The van der Waals surface area contributed by atoms with Gasteiger partial charge in [0.2, 0.25) is 0 Å². The highest BCUT2D eigenvalue weighted by Gasteiger charge is 2.06. The van der Waals surface area contributed by atoms with Crippen molar-refractivity contribution in [2.45, 2.75) is 20.3 Å². The average Bonchev–Trinajstić information content (AvgIpc) is 2.48. The van der Waals surface area contributed by atoms with Gasteiger partial charge in [-0.15, -0.1) is 0 Å². The average molecular weight is 348 g/mol. The van der Waals surface area contributed by atoms with Gasteiger partial charge in [-0.05, 0) is 59.1 Å². The van der Waals surface area contributed by atoms with Gasteiger partial charge in [0, 0.05) is 5.69 Å². The molecule has 110 valence electrons. The van der Waals surface area contributed by atoms with E-state index in [0.717, 1.165) is 22.1 Å². The zero-order chi connectivity index (χ0) is 15.2. The van der Waals surface area contributed by atoms with Crippen molar-refractivity contribution in [1.29, 1.82) is 0 Å². The number of amides is 1. The van der Waals surface area contributed by atoms with Crippen LogP contribution in [0.4, 0.5) is 5.69 Å². The van der Waals surface area contributed by atoms with E-state index in [4.69, 9.17) is 4.74 Å². The number of carbonyl (C=O) groups is 1. The van der Waals surface area contributed by atoms with Gasteiger partial charge in [0.25, 0.3) is 5.91 Å². The first-order valence-corrected chi connectivity index (χ1v) is 7.65. The smallest absolute Gasteiger partial charge is 0.262 e. The molecule has 0 radical (unpaired) electrons. The lowest BCUT2D eigenvalue weighted by molar-refractivity contribution is -0.118. The number of ether oxygens (including phenoxy) is 1. The molecule has 0 aliphatic rings. The first-order valence-electron chi connectivity index (χ1n) is 6.86. The third-order valence-corrected chi connectivity index (χ3v) is 3.72. The van der Waals surface area contributed by atoms with Crippen LogP contribution in [0.1, 0.15) is 18.1 Å². The second-order valence-electron chi connectivity index (χ2n) is 4.82. The van der Waals surface area contributed by atoms with E-state index in [-0.39, 0.29) is 12.5 Å². The molecule has 0 fully saturated rings. The lowest BCUT2D eigenvalue weighted by atomic mass is 10.2. The number of nitrogens with one attached hydrogen (secondary N) is 1. The molecular formula is C17H18BrNO2. The standard InChI is InChI=1S/C17H18BrNO2/c1-3-13-6-9-16(15(18)10-13)21-11-17(20)19-14-7-4-12(2)5-8-14/h4-10H,3,11H2,1-2H3,(H,19,20). The van der Waals surface area contributed by atoms with E-state index < -0.39 is 0 Å². The maximum atomic E-state index is 11.9. The largest absolute Gasteiger partial charge is 0.483 e. The summed E-state index contributed by atoms with van der Waals surface area (Å²) in [5.74, 6) is 0.497. The lowest BCUT2D eigenvalue weighted by Gasteiger charge is -2.10. The molecule has 2 rings (SSSR count). The second-order valence-corrected chi connectivity index (χ2v) is 5.68. The summed E-state index contributed by atoms with van der Waals surface area (Å²) in [6, 6.07) is 13.5. The minimum atomic E-state index is -0.176. The molecular weight excluding hydrogens is 330 g/mol. The number of halogens is 1. The Morgan fingerprint density at radius 2 is 1.90 bits per heavy atom. The summed E-state index contributed by atoms with van der Waals surface area (Å²) in [6.07, 6.45) is 0.965. The van der Waals surface area contributed by atoms with E-state index >= 15 is 0 Å². The first-order chi connectivity index (χ1) is 10.1. The van der Waals surface area contributed by atoms with Crippen molar-refractivity contribution in [1.82, 2.24) is 0 Å². The Kier molecular flexibility index (Phi) is 5.39. The molecule has 0 aliphatic carbocycles. The molecule has 0 saturated heterocycles. The molecule has 3 nitrogen and oxygen atoms in total. The number of anilines is 1. The Hall–Kier alpha value is -1.81. The van der Waals surface area contributed by atoms with Gasteiger partial charge in [-0.25, -0.2) is 0 Å². The third-order valence-electron chi connectivity index (χ3n) is 3.10. The number of hydrogen-bond donors (Lipinski definition) is 1. The maximum Gasteiger partial charge on any atom is 0.262 e. The van der Waals surface area contributed by atoms with Crippen molar-refractivity contribution >= 4 is 27.5 Å². The molecule has 2 aromatic carbocycles. The monoisotopic (exact) mass is 347 g/mol. The van der Waals surface area contributed by atoms with Crippen molar-refractivity contribution in [3.8, 4) is 5.75 Å². The minimum Gasteiger partial charge on any atom is -0.483 e. The molecule has 0 heterocycles. The topological polar surface area (TPSA) is 38.3 Å². The van der Waals surface area contributed by atoms with Gasteiger partial charge >= 0.3 is 0 Å². The Morgan fingerprint density at radius 3 is 2.52 bits per heavy atom. The van der Waals surface area contributed by atoms with Gasteiger partial charge in [0.1, 0.15) is 5.75 Å². The molecule has 21 heavy (non-hydrogen) atoms. The normalized spacial score (nSPS) is 10.2. The summed E-state index contributed by atoms with van der Waals surface area (Å²) < 4.78 is 6.40. The highest BCUT2D eigenvalue weighted by atomic mass is 79.9. The third kappa shape index (κ3) is 4.60. The summed E-state index contributed by atoms with van der Waals surface area (Å²) in [5, 5.41) is 2.80. The zero-order valence-corrected chi connectivity index (χ0v) is 13.7. The van der Waals surface area contributed by atoms with Gasteiger partial charge in [-0.1, -0.05) is 30.7 Å². The zero-order valence-electron chi connectivity index (χ0n) is 12.2. The van der Waals surface area contributed by atoms with Crippen molar-refractivity contribution < 1.29 is 9.53 Å². The summed E-state index contributed by atoms with van der Waals surface area (Å²) >= 11 is 3.46. The van der Waals surface area contributed by atoms with Crippen LogP contribution in [0.15, 0.2) is 46.9 Å². The van der Waals surface area contributed by atoms with Gasteiger partial charge in [0.15, 0.2) is 6.61 Å². The van der Waals surface area contributed by atoms with Crippen LogP contribution in [0, 0.1) is 6.92 Å². The van der Waals surface area contributed by atoms with Crippen LogP contribution >= 0.6 is 15.9 Å². The van der Waals surface area contributed by atoms with Crippen LogP contribution < -0.4 is 10.1 Å². The van der Waals surface area contributed by atoms with E-state index in [9.17, 15) is 4.79 Å². The van der Waals surface area contributed by atoms with E-state index in [1.807, 2.05) is 49.4 Å². The summed E-state index contributed by atoms with van der Waals surface area (Å²) in [5.41, 5.74) is 3.15. The fourth-order valence-corrected chi connectivity index (χ4v) is 2.40. The molecule has 4 heteroatoms. The number of carbonyl (C=O) groups excluding carboxylic acids is 1. The van der Waals surface area contributed by atoms with Crippen LogP contribution in [-0.4, -0.2) is 12.5 Å². The van der Waals surface area contributed by atoms with Gasteiger partial charge in [-0.2, -0.15) is 0 Å². The summed E-state index contributed by atoms with van der Waals surface area (Å²) in [6.45, 7) is 4.08. The maximum absolute atomic E-state index is 11.9. The number of benzene rings is 2. The van der Waals surface area contributed by atoms with E-state index in [2.05, 4.69) is 28.2 Å². The van der Waals surface area contributed by atoms with Crippen LogP contribution in [0.3, 0.4) is 0 Å². The molecule has 1 N–H and O–H groups in total. The van der Waals surface area contributed by atoms with Crippen LogP contribution in [0.25, 0.3) is 0 Å². The fraction of sp³-hybridized carbons (Fsp3) is 0.235. The Labute approximate surface area is 133 Å². The van der Waals surface area contributed by atoms with Gasteiger partial charge < -0.3 is 10.1 Å². The molecule has 0 spiro atoms. The number of aryl methyl sites for hydroxylation is 2. The van der Waals surface area contributed by atoms with Crippen LogP contribution in [0.2, 0.25) is 0 Å². The van der Waals surface area contributed by atoms with Crippen molar-refractivity contribution in [2.75, 3.05) is 11.9 Å². The van der Waals surface area contributed by atoms with Crippen LogP contribution in [0.5, 0.6) is 5.75 Å². The Bertz CT molecular complexity index is 623. The molecule has 1 amide bonds. The Balaban J connectivity index is 1.90. The number of rotatable bonds is 5. The quantitative estimate of drug-likeness (QED) is 0.873. The first kappa shape index (κ1) is 15.6. The molecule has 0 unspecified atom stereocenters. The lowest BCUT2D eigenvalue weighted by Crippen LogP contribution is -2.20. The molecule has 0 aromatic heterocycles. The Morgan fingerprint density at radius 1 is 1.19 bits per heavy atom. The molecule has 0 aliphatic heterocycles. The van der Waals surface area contributed by atoms with E-state index in [0.29, 0.717) is 5.75 Å². The summed E-state index contributed by atoms with van der Waals surface area (Å²) in [4.78, 5) is 11.9.